The first-order chi connectivity index (χ1) is 8.88. The van der Waals surface area contributed by atoms with E-state index in [1.165, 1.54) is 30.4 Å². The van der Waals surface area contributed by atoms with Crippen LogP contribution in [0.2, 0.25) is 0 Å². The van der Waals surface area contributed by atoms with Gasteiger partial charge in [0.2, 0.25) is 0 Å². The minimum atomic E-state index is -0.339. The third-order valence-corrected chi connectivity index (χ3v) is 4.77. The van der Waals surface area contributed by atoms with Crippen molar-refractivity contribution in [2.45, 2.75) is 59.3 Å². The van der Waals surface area contributed by atoms with Gasteiger partial charge in [0.1, 0.15) is 5.75 Å². The van der Waals surface area contributed by atoms with E-state index in [2.05, 4.69) is 59.5 Å². The first-order valence-electron chi connectivity index (χ1n) is 7.41. The summed E-state index contributed by atoms with van der Waals surface area (Å²) in [6.07, 6.45) is 4.80. The van der Waals surface area contributed by atoms with Crippen LogP contribution in [0.4, 0.5) is 0 Å². The van der Waals surface area contributed by atoms with Crippen molar-refractivity contribution in [3.05, 3.63) is 29.3 Å². The van der Waals surface area contributed by atoms with Crippen molar-refractivity contribution < 1.29 is 4.52 Å². The van der Waals surface area contributed by atoms with Crippen molar-refractivity contribution in [1.29, 1.82) is 0 Å². The van der Waals surface area contributed by atoms with Gasteiger partial charge in [0, 0.05) is 5.56 Å². The van der Waals surface area contributed by atoms with Gasteiger partial charge in [0.15, 0.2) is 0 Å². The fraction of sp³-hybridized carbons (Fsp3) is 0.647. The third-order valence-electron chi connectivity index (χ3n) is 3.37. The number of hydrogen-bond acceptors (Lipinski definition) is 1. The molecule has 0 aromatic heterocycles. The van der Waals surface area contributed by atoms with Crippen LogP contribution in [0.1, 0.15) is 58.6 Å². The number of rotatable bonds is 6. The predicted molar refractivity (Wildman–Crippen MR) is 87.8 cm³/mol. The van der Waals surface area contributed by atoms with Crippen molar-refractivity contribution in [2.75, 3.05) is 12.8 Å². The van der Waals surface area contributed by atoms with Gasteiger partial charge in [-0.25, -0.2) is 0 Å². The molecule has 1 aromatic rings. The highest BCUT2D eigenvalue weighted by Crippen LogP contribution is 2.40. The lowest BCUT2D eigenvalue weighted by Gasteiger charge is -2.25. The Hall–Kier alpha value is -0.550. The summed E-state index contributed by atoms with van der Waals surface area (Å²) in [5.41, 5.74) is 2.93. The molecule has 19 heavy (non-hydrogen) atoms. The molecule has 1 unspecified atom stereocenters. The van der Waals surface area contributed by atoms with Gasteiger partial charge >= 0.3 is 0 Å². The molecule has 2 heteroatoms. The number of aryl methyl sites for hydroxylation is 1. The zero-order valence-electron chi connectivity index (χ0n) is 13.4. The van der Waals surface area contributed by atoms with Crippen molar-refractivity contribution in [1.82, 2.24) is 0 Å². The Morgan fingerprint density at radius 3 is 2.37 bits per heavy atom. The minimum Gasteiger partial charge on any atom is -0.474 e. The van der Waals surface area contributed by atoms with Crippen LogP contribution in [-0.2, 0) is 11.8 Å². The number of benzene rings is 1. The van der Waals surface area contributed by atoms with Crippen LogP contribution >= 0.6 is 8.15 Å². The lowest BCUT2D eigenvalue weighted by molar-refractivity contribution is 0.536. The predicted octanol–water partition coefficient (Wildman–Crippen LogP) is 5.75. The van der Waals surface area contributed by atoms with E-state index < -0.39 is 0 Å². The maximum atomic E-state index is 6.15. The summed E-state index contributed by atoms with van der Waals surface area (Å²) in [6.45, 7) is 13.4. The SMILES string of the molecule is CCCCc1ccc(OP(C)CC)c(C(C)(C)C)c1. The van der Waals surface area contributed by atoms with Crippen molar-refractivity contribution in [3.63, 3.8) is 0 Å². The Balaban J connectivity index is 3.03. The second-order valence-corrected chi connectivity index (χ2v) is 8.29. The molecule has 108 valence electrons. The van der Waals surface area contributed by atoms with Crippen molar-refractivity contribution in [3.8, 4) is 5.75 Å². The van der Waals surface area contributed by atoms with Crippen LogP contribution in [-0.4, -0.2) is 12.8 Å². The standard InChI is InChI=1S/C17H29OP/c1-7-9-10-14-11-12-16(18-19(6)8-2)15(13-14)17(3,4)5/h11-13H,7-10H2,1-6H3. The summed E-state index contributed by atoms with van der Waals surface area (Å²) in [5, 5.41) is 0. The van der Waals surface area contributed by atoms with E-state index in [9.17, 15) is 0 Å². The molecule has 1 rings (SSSR count). The molecular formula is C17H29OP. The van der Waals surface area contributed by atoms with E-state index in [0.717, 1.165) is 11.9 Å². The largest absolute Gasteiger partial charge is 0.474 e. The van der Waals surface area contributed by atoms with E-state index in [1.807, 2.05) is 0 Å². The fourth-order valence-electron chi connectivity index (χ4n) is 2.01. The van der Waals surface area contributed by atoms with Crippen molar-refractivity contribution >= 4 is 8.15 Å². The number of hydrogen-bond donors (Lipinski definition) is 0. The monoisotopic (exact) mass is 280 g/mol. The van der Waals surface area contributed by atoms with Gasteiger partial charge in [-0.3, -0.25) is 0 Å². The zero-order chi connectivity index (χ0) is 14.5. The summed E-state index contributed by atoms with van der Waals surface area (Å²) >= 11 is 0. The quantitative estimate of drug-likeness (QED) is 0.603. The van der Waals surface area contributed by atoms with Crippen LogP contribution in [0, 0.1) is 0 Å². The van der Waals surface area contributed by atoms with Gasteiger partial charge in [0.05, 0.1) is 8.15 Å². The lowest BCUT2D eigenvalue weighted by atomic mass is 9.85. The van der Waals surface area contributed by atoms with Crippen LogP contribution in [0.25, 0.3) is 0 Å². The Labute approximate surface area is 120 Å². The molecule has 1 nitrogen and oxygen atoms in total. The van der Waals surface area contributed by atoms with Gasteiger partial charge in [-0.15, -0.1) is 0 Å². The van der Waals surface area contributed by atoms with Crippen molar-refractivity contribution in [2.24, 2.45) is 0 Å². The highest BCUT2D eigenvalue weighted by molar-refractivity contribution is 7.52. The molecule has 0 saturated carbocycles. The zero-order valence-corrected chi connectivity index (χ0v) is 14.3. The molecule has 0 spiro atoms. The van der Waals surface area contributed by atoms with Gasteiger partial charge in [-0.05, 0) is 42.7 Å². The van der Waals surface area contributed by atoms with E-state index in [1.54, 1.807) is 0 Å². The molecule has 1 aromatic carbocycles. The topological polar surface area (TPSA) is 9.23 Å². The molecule has 0 fully saturated rings. The first-order valence-corrected chi connectivity index (χ1v) is 9.30. The molecule has 0 bridgehead atoms. The minimum absolute atomic E-state index is 0.140. The molecule has 0 radical (unpaired) electrons. The second kappa shape index (κ2) is 7.29. The van der Waals surface area contributed by atoms with E-state index >= 15 is 0 Å². The lowest BCUT2D eigenvalue weighted by Crippen LogP contribution is -2.13. The second-order valence-electron chi connectivity index (χ2n) is 6.22. The van der Waals surface area contributed by atoms with Gasteiger partial charge in [-0.2, -0.15) is 0 Å². The Kier molecular flexibility index (Phi) is 6.33. The Bertz CT molecular complexity index is 393. The molecular weight excluding hydrogens is 251 g/mol. The first kappa shape index (κ1) is 16.5. The molecule has 1 atom stereocenters. The number of unbranched alkanes of at least 4 members (excludes halogenated alkanes) is 1. The Morgan fingerprint density at radius 2 is 1.84 bits per heavy atom. The summed E-state index contributed by atoms with van der Waals surface area (Å²) in [7, 11) is -0.339. The summed E-state index contributed by atoms with van der Waals surface area (Å²) < 4.78 is 6.15. The van der Waals surface area contributed by atoms with Gasteiger partial charge < -0.3 is 4.52 Å². The average Bonchev–Trinajstić information content (AvgIpc) is 2.36. The van der Waals surface area contributed by atoms with Crippen LogP contribution in [0.3, 0.4) is 0 Å². The third kappa shape index (κ3) is 5.15. The van der Waals surface area contributed by atoms with Gasteiger partial charge in [0.25, 0.3) is 0 Å². The highest BCUT2D eigenvalue weighted by atomic mass is 31.1. The van der Waals surface area contributed by atoms with E-state index in [-0.39, 0.29) is 13.6 Å². The molecule has 0 saturated heterocycles. The normalized spacial score (nSPS) is 13.4. The Morgan fingerprint density at radius 1 is 1.16 bits per heavy atom. The highest BCUT2D eigenvalue weighted by Gasteiger charge is 2.20. The van der Waals surface area contributed by atoms with Crippen LogP contribution in [0.5, 0.6) is 5.75 Å². The maximum Gasteiger partial charge on any atom is 0.127 e. The van der Waals surface area contributed by atoms with E-state index in [0.29, 0.717) is 0 Å². The molecule has 0 aliphatic carbocycles. The molecule has 0 amide bonds. The maximum absolute atomic E-state index is 6.15. The molecule has 0 N–H and O–H groups in total. The van der Waals surface area contributed by atoms with Crippen LogP contribution < -0.4 is 4.52 Å². The van der Waals surface area contributed by atoms with E-state index in [4.69, 9.17) is 4.52 Å². The summed E-state index contributed by atoms with van der Waals surface area (Å²) in [4.78, 5) is 0. The molecule has 0 aliphatic rings. The summed E-state index contributed by atoms with van der Waals surface area (Å²) in [5.74, 6) is 1.09. The smallest absolute Gasteiger partial charge is 0.127 e. The molecule has 0 heterocycles. The van der Waals surface area contributed by atoms with Crippen LogP contribution in [0.15, 0.2) is 18.2 Å². The fourth-order valence-corrected chi connectivity index (χ4v) is 2.64. The average molecular weight is 280 g/mol. The molecule has 0 aliphatic heterocycles. The van der Waals surface area contributed by atoms with Gasteiger partial charge in [-0.1, -0.05) is 53.2 Å². The summed E-state index contributed by atoms with van der Waals surface area (Å²) in [6, 6.07) is 6.77.